The van der Waals surface area contributed by atoms with Gasteiger partial charge in [-0.2, -0.15) is 0 Å². The Morgan fingerprint density at radius 1 is 0.350 bits per heavy atom. The van der Waals surface area contributed by atoms with Gasteiger partial charge in [0.05, 0.1) is 6.10 Å². The molecule has 0 heterocycles. The highest BCUT2D eigenvalue weighted by molar-refractivity contribution is 5.86. The summed E-state index contributed by atoms with van der Waals surface area (Å²) in [5.74, 6) is 18.1. The molecule has 9 N–H and O–H groups in total. The molecule has 0 amide bonds. The van der Waals surface area contributed by atoms with E-state index in [-0.39, 0.29) is 17.2 Å². The maximum Gasteiger partial charge on any atom is 0.139 e. The van der Waals surface area contributed by atoms with Gasteiger partial charge in [0, 0.05) is 57.4 Å². The summed E-state index contributed by atoms with van der Waals surface area (Å²) in [4.78, 5) is 23.7. The van der Waals surface area contributed by atoms with Crippen LogP contribution in [0.3, 0.4) is 0 Å². The number of carbonyl (C=O) groups excluding carboxylic acids is 2. The van der Waals surface area contributed by atoms with E-state index in [2.05, 4.69) is 63.3 Å². The second-order valence-electron chi connectivity index (χ2n) is 35.0. The third-order valence-corrected chi connectivity index (χ3v) is 28.9. The number of carbonyl (C=O) groups is 2. The lowest BCUT2D eigenvalue weighted by Gasteiger charge is -2.55. The number of nitrogens with one attached hydrogen (secondary N) is 4. The molecule has 0 spiro atoms. The lowest BCUT2D eigenvalue weighted by molar-refractivity contribution is -0.142. The summed E-state index contributed by atoms with van der Waals surface area (Å²) >= 11 is 0. The number of hydrogen-bond donors (Lipinski definition) is 7. The summed E-state index contributed by atoms with van der Waals surface area (Å²) in [7, 11) is 8.45. The summed E-state index contributed by atoms with van der Waals surface area (Å²) in [6.45, 7) is 4.95. The maximum atomic E-state index is 11.9. The van der Waals surface area contributed by atoms with E-state index >= 15 is 0 Å². The minimum atomic E-state index is 0.000486. The number of fused-ring (bicyclic) bond motifs is 5. The lowest BCUT2D eigenvalue weighted by atomic mass is 9.52. The second kappa shape index (κ2) is 22.3. The van der Waals surface area contributed by atoms with Crippen molar-refractivity contribution in [2.75, 3.05) is 28.2 Å². The summed E-state index contributed by atoms with van der Waals surface area (Å²) in [6.07, 6.45) is 48.2. The van der Waals surface area contributed by atoms with Crippen molar-refractivity contribution >= 4 is 11.6 Å². The first-order valence-corrected chi connectivity index (χ1v) is 35.3. The fraction of sp³-hybridized carbons (Fsp3) is 0.972. The zero-order valence-corrected chi connectivity index (χ0v) is 52.0. The largest absolute Gasteiger partial charge is 0.393 e. The Hall–Kier alpha value is -0.940. The van der Waals surface area contributed by atoms with Crippen molar-refractivity contribution in [3.63, 3.8) is 0 Å². The Labute approximate surface area is 487 Å². The summed E-state index contributed by atoms with van der Waals surface area (Å²) in [6, 6.07) is 0. The highest BCUT2D eigenvalue weighted by atomic mass is 16.3. The van der Waals surface area contributed by atoms with Crippen LogP contribution in [-0.4, -0.2) is 84.2 Å². The Balaban J connectivity index is 0.0000000907. The van der Waals surface area contributed by atoms with Gasteiger partial charge in [-0.05, 0) is 341 Å². The van der Waals surface area contributed by atoms with Crippen molar-refractivity contribution < 1.29 is 14.7 Å². The predicted molar refractivity (Wildman–Crippen MR) is 324 cm³/mol. The van der Waals surface area contributed by atoms with Crippen molar-refractivity contribution in [1.29, 1.82) is 0 Å². The topological polar surface area (TPSA) is 155 Å². The number of aliphatic hydroxyl groups is 1. The van der Waals surface area contributed by atoms with Gasteiger partial charge in [-0.15, -0.1) is 0 Å². The first-order valence-electron chi connectivity index (χ1n) is 35.3. The van der Waals surface area contributed by atoms with Gasteiger partial charge in [0.1, 0.15) is 11.6 Å². The number of hydrogen-bond acceptors (Lipinski definition) is 9. The van der Waals surface area contributed by atoms with Crippen LogP contribution in [-0.2, 0) is 9.59 Å². The number of nitrogens with two attached hydrogens (primary N) is 2. The third-order valence-electron chi connectivity index (χ3n) is 28.9. The lowest BCUT2D eigenvalue weighted by Crippen LogP contribution is -2.60. The van der Waals surface area contributed by atoms with Gasteiger partial charge in [-0.25, -0.2) is 0 Å². The van der Waals surface area contributed by atoms with E-state index in [1.807, 2.05) is 0 Å². The average Bonchev–Trinajstić information content (AvgIpc) is 3.94. The van der Waals surface area contributed by atoms with E-state index in [9.17, 15) is 14.7 Å². The van der Waals surface area contributed by atoms with Gasteiger partial charge in [-0.3, -0.25) is 9.59 Å². The zero-order valence-electron chi connectivity index (χ0n) is 52.0. The molecule has 80 heavy (non-hydrogen) atoms. The van der Waals surface area contributed by atoms with Crippen molar-refractivity contribution in [1.82, 2.24) is 21.3 Å². The third kappa shape index (κ3) is 11.8. The van der Waals surface area contributed by atoms with E-state index in [0.717, 1.165) is 121 Å². The molecule has 24 fully saturated rings. The molecular weight excluding hydrogens is 985 g/mol. The predicted octanol–water partition coefficient (Wildman–Crippen LogP) is 12.3. The van der Waals surface area contributed by atoms with Crippen LogP contribution in [0.5, 0.6) is 0 Å². The van der Waals surface area contributed by atoms with Gasteiger partial charge in [0.25, 0.3) is 0 Å². The van der Waals surface area contributed by atoms with Crippen LogP contribution in [0.25, 0.3) is 0 Å². The van der Waals surface area contributed by atoms with Crippen molar-refractivity contribution in [3.8, 4) is 0 Å². The molecule has 0 aliphatic heterocycles. The molecule has 0 aromatic rings. The van der Waals surface area contributed by atoms with E-state index in [1.54, 1.807) is 12.8 Å². The molecule has 0 saturated heterocycles. The van der Waals surface area contributed by atoms with E-state index in [1.165, 1.54) is 186 Å². The molecular formula is C71H120N6O3. The molecule has 23 atom stereocenters. The monoisotopic (exact) mass is 1100 g/mol. The minimum Gasteiger partial charge on any atom is -0.393 e. The number of ketones is 2. The molecule has 24 aliphatic carbocycles. The molecule has 9 heteroatoms. The highest BCUT2D eigenvalue weighted by Crippen LogP contribution is 2.59. The first-order chi connectivity index (χ1) is 38.2. The standard InChI is InChI=1S/C13H23N.C12H21NO.C12H19NO.C12H21N.C11H17NO.C11H19N/c1-9-3-10-4-11-5-12(9)8-13(6-10,7-11)14-2;2*1-13-12-5-8-2-9(6-12)4-11(14)10(3-8)7-12;1-8-2-9-3-10-4-11(8)7-12(13,5-9)6-10;1-12-11-4-7-2-8(5-11)10(13)9(3-7)6-11;12-11-5-8-1-2-9(6-11)4-10(3-8)7-11/h9-12,14H,3-8H2,1-2H3;8-11,13-14H,2-7H2,1H3;8-10,13H,2-7H2,1H3;8-11H,2-7,13H2,1H3;7-9,12H,2-6H2,1H3;8-10H,1-7,12H2. The molecule has 0 radical (unpaired) electrons. The highest BCUT2D eigenvalue weighted by Gasteiger charge is 2.56. The van der Waals surface area contributed by atoms with Crippen LogP contribution in [0, 0.1) is 118 Å². The van der Waals surface area contributed by atoms with Crippen LogP contribution in [0.15, 0.2) is 0 Å². The fourth-order valence-corrected chi connectivity index (χ4v) is 26.5. The molecule has 23 unspecified atom stereocenters. The van der Waals surface area contributed by atoms with Gasteiger partial charge >= 0.3 is 0 Å². The Bertz CT molecular complexity index is 2140. The Morgan fingerprint density at radius 3 is 1.20 bits per heavy atom. The number of aliphatic hydroxyl groups excluding tert-OH is 1. The molecule has 24 bridgehead atoms. The molecule has 24 rings (SSSR count). The van der Waals surface area contributed by atoms with Crippen molar-refractivity contribution in [3.05, 3.63) is 0 Å². The molecule has 452 valence electrons. The van der Waals surface area contributed by atoms with E-state index in [4.69, 9.17) is 11.5 Å². The Kier molecular flexibility index (Phi) is 16.2. The number of Topliss-reactive ketones (excluding diaryl/α,β-unsaturated/α-hetero) is 2. The maximum absolute atomic E-state index is 11.9. The molecule has 24 saturated carbocycles. The van der Waals surface area contributed by atoms with E-state index in [0.29, 0.717) is 63.3 Å². The zero-order chi connectivity index (χ0) is 55.6. The minimum absolute atomic E-state index is 0.000486. The van der Waals surface area contributed by atoms with E-state index < -0.39 is 0 Å². The van der Waals surface area contributed by atoms with Crippen LogP contribution < -0.4 is 32.7 Å². The van der Waals surface area contributed by atoms with Crippen molar-refractivity contribution in [2.24, 2.45) is 130 Å². The quantitative estimate of drug-likeness (QED) is 0.146. The molecule has 9 nitrogen and oxygen atoms in total. The summed E-state index contributed by atoms with van der Waals surface area (Å²) < 4.78 is 0. The van der Waals surface area contributed by atoms with Crippen LogP contribution in [0.2, 0.25) is 0 Å². The van der Waals surface area contributed by atoms with Crippen LogP contribution in [0.1, 0.15) is 245 Å². The summed E-state index contributed by atoms with van der Waals surface area (Å²) in [5.41, 5.74) is 15.1. The molecule has 0 aromatic heterocycles. The second-order valence-corrected chi connectivity index (χ2v) is 35.0. The average molecular weight is 1110 g/mol. The van der Waals surface area contributed by atoms with Crippen LogP contribution >= 0.6 is 0 Å². The SMILES string of the molecule is CC1CC2CC3CC1CC(N)(C2)C3.CNC12CC3CC(=O)C(CC(C3)C1)C2.CNC12CC3CC(C1)C(=O)C(C3)C2.CNC12CC3CC(CC(C1)C(C)C3)C2.CNC12CC3CC(CC(C1)C(O)C3)C2.NC12CC3CCC(CC(C3)C1)C2. The number of rotatable bonds is 4. The first kappa shape index (κ1) is 58.1. The van der Waals surface area contributed by atoms with Crippen molar-refractivity contribution in [2.45, 2.75) is 284 Å². The fourth-order valence-electron chi connectivity index (χ4n) is 26.5. The van der Waals surface area contributed by atoms with Gasteiger partial charge in [-0.1, -0.05) is 26.7 Å². The van der Waals surface area contributed by atoms with Gasteiger partial charge < -0.3 is 37.8 Å². The van der Waals surface area contributed by atoms with Crippen LogP contribution in [0.4, 0.5) is 0 Å². The summed E-state index contributed by atoms with van der Waals surface area (Å²) in [5, 5.41) is 24.3. The van der Waals surface area contributed by atoms with Gasteiger partial charge in [0.15, 0.2) is 0 Å². The molecule has 24 aliphatic rings. The smallest absolute Gasteiger partial charge is 0.139 e. The molecule has 0 aromatic carbocycles. The Morgan fingerprint density at radius 2 is 0.675 bits per heavy atom. The normalized spacial score (nSPS) is 55.4. The van der Waals surface area contributed by atoms with Gasteiger partial charge in [0.2, 0.25) is 0 Å².